The minimum Gasteiger partial charge on any atom is -0.463 e. The average Bonchev–Trinajstić information content (AvgIpc) is 3.18. The minimum atomic E-state index is -1.55. The number of ether oxygens (including phenoxy) is 4. The number of nitrogens with zero attached hydrogens (tertiary/aromatic N) is 3. The molecule has 0 unspecified atom stereocenters. The molecule has 3 N–H and O–H groups in total. The number of aromatic nitrogens is 2. The first-order valence-electron chi connectivity index (χ1n) is 10.3. The van der Waals surface area contributed by atoms with Crippen LogP contribution in [0.15, 0.2) is 22.1 Å². The summed E-state index contributed by atoms with van der Waals surface area (Å²) >= 11 is 0. The van der Waals surface area contributed by atoms with Gasteiger partial charge in [-0.25, -0.2) is 4.99 Å². The number of carbonyl (C=O) groups excluding carboxylic acids is 3. The van der Waals surface area contributed by atoms with Crippen molar-refractivity contribution in [2.75, 3.05) is 17.7 Å². The molecule has 4 heterocycles. The zero-order valence-corrected chi connectivity index (χ0v) is 18.9. The van der Waals surface area contributed by atoms with Crippen LogP contribution in [0, 0.1) is 0 Å². The van der Waals surface area contributed by atoms with Crippen molar-refractivity contribution in [3.63, 3.8) is 0 Å². The van der Waals surface area contributed by atoms with E-state index in [2.05, 4.69) is 15.3 Å². The third kappa shape index (κ3) is 3.94. The second-order valence-electron chi connectivity index (χ2n) is 8.09. The molecule has 13 nitrogen and oxygen atoms in total. The molecule has 2 aliphatic rings. The van der Waals surface area contributed by atoms with Crippen LogP contribution in [0.4, 0.5) is 17.3 Å². The molecule has 34 heavy (non-hydrogen) atoms. The SMILES string of the molecule is CC(=O)OC[C@H]1O[C@@H](n2cc3c(N)cc(=O)nc4c3c2N=CN4)[C@](C)(OC(C)=O)[C@@H]1OC(C)=O. The molecule has 1 saturated heterocycles. The van der Waals surface area contributed by atoms with Crippen molar-refractivity contribution < 1.29 is 33.3 Å². The first-order chi connectivity index (χ1) is 16.0. The summed E-state index contributed by atoms with van der Waals surface area (Å²) in [6.07, 6.45) is -0.247. The van der Waals surface area contributed by atoms with Gasteiger partial charge in [0.1, 0.15) is 24.3 Å². The van der Waals surface area contributed by atoms with Crippen LogP contribution in [0.3, 0.4) is 0 Å². The summed E-state index contributed by atoms with van der Waals surface area (Å²) in [5.41, 5.74) is 4.19. The smallest absolute Gasteiger partial charge is 0.303 e. The van der Waals surface area contributed by atoms with E-state index < -0.39 is 47.5 Å². The number of carbonyl (C=O) groups is 3. The summed E-state index contributed by atoms with van der Waals surface area (Å²) in [5.74, 6) is -1.31. The van der Waals surface area contributed by atoms with Gasteiger partial charge in [-0.05, 0) is 6.92 Å². The number of nitrogen functional groups attached to an aromatic ring is 1. The van der Waals surface area contributed by atoms with Crippen LogP contribution in [0.2, 0.25) is 0 Å². The molecule has 0 aliphatic carbocycles. The zero-order chi connectivity index (χ0) is 24.8. The summed E-state index contributed by atoms with van der Waals surface area (Å²) < 4.78 is 24.0. The fraction of sp³-hybridized carbons (Fsp3) is 0.429. The number of hydrogen-bond donors (Lipinski definition) is 2. The second kappa shape index (κ2) is 8.41. The minimum absolute atomic E-state index is 0.151. The summed E-state index contributed by atoms with van der Waals surface area (Å²) in [5, 5.41) is 3.72. The van der Waals surface area contributed by atoms with E-state index >= 15 is 0 Å². The first kappa shape index (κ1) is 23.2. The van der Waals surface area contributed by atoms with E-state index in [1.54, 1.807) is 17.7 Å². The molecular weight excluding hydrogens is 450 g/mol. The monoisotopic (exact) mass is 473 g/mol. The van der Waals surface area contributed by atoms with E-state index in [1.165, 1.54) is 33.2 Å². The first-order valence-corrected chi connectivity index (χ1v) is 10.3. The van der Waals surface area contributed by atoms with Crippen LogP contribution in [-0.4, -0.2) is 58.2 Å². The molecular formula is C21H23N5O8. The Morgan fingerprint density at radius 2 is 1.97 bits per heavy atom. The van der Waals surface area contributed by atoms with Gasteiger partial charge in [0.25, 0.3) is 5.56 Å². The van der Waals surface area contributed by atoms with Crippen LogP contribution in [0.5, 0.6) is 0 Å². The van der Waals surface area contributed by atoms with Crippen molar-refractivity contribution in [1.29, 1.82) is 0 Å². The molecule has 4 atom stereocenters. The lowest BCUT2D eigenvalue weighted by atomic mass is 9.95. The van der Waals surface area contributed by atoms with Gasteiger partial charge in [-0.3, -0.25) is 19.2 Å². The van der Waals surface area contributed by atoms with Crippen molar-refractivity contribution in [2.45, 2.75) is 51.7 Å². The van der Waals surface area contributed by atoms with E-state index in [-0.39, 0.29) is 18.1 Å². The normalized spacial score (nSPS) is 25.0. The highest BCUT2D eigenvalue weighted by atomic mass is 16.7. The van der Waals surface area contributed by atoms with Crippen LogP contribution in [-0.2, 0) is 33.3 Å². The Morgan fingerprint density at radius 1 is 1.24 bits per heavy atom. The highest BCUT2D eigenvalue weighted by Gasteiger charge is 2.60. The van der Waals surface area contributed by atoms with Crippen molar-refractivity contribution >= 4 is 52.3 Å². The van der Waals surface area contributed by atoms with Gasteiger partial charge in [0.2, 0.25) is 0 Å². The molecule has 0 saturated carbocycles. The molecule has 0 spiro atoms. The van der Waals surface area contributed by atoms with Crippen LogP contribution in [0.1, 0.15) is 33.9 Å². The molecule has 0 bridgehead atoms. The Bertz CT molecular complexity index is 1290. The van der Waals surface area contributed by atoms with E-state index in [1.807, 2.05) is 0 Å². The fourth-order valence-corrected chi connectivity index (χ4v) is 4.28. The molecule has 2 aliphatic heterocycles. The Balaban J connectivity index is 1.91. The van der Waals surface area contributed by atoms with Crippen LogP contribution in [0.25, 0.3) is 10.8 Å². The quantitative estimate of drug-likeness (QED) is 0.464. The van der Waals surface area contributed by atoms with Crippen molar-refractivity contribution in [3.05, 3.63) is 22.6 Å². The molecule has 2 aromatic heterocycles. The Labute approximate surface area is 192 Å². The molecule has 0 radical (unpaired) electrons. The molecule has 13 heteroatoms. The predicted octanol–water partition coefficient (Wildman–Crippen LogP) is 0.778. The highest BCUT2D eigenvalue weighted by molar-refractivity contribution is 6.10. The van der Waals surface area contributed by atoms with Gasteiger partial charge in [0.15, 0.2) is 17.9 Å². The molecule has 0 aromatic carbocycles. The number of nitrogens with one attached hydrogen (secondary N) is 1. The van der Waals surface area contributed by atoms with Gasteiger partial charge in [-0.15, -0.1) is 0 Å². The molecule has 180 valence electrons. The van der Waals surface area contributed by atoms with Crippen molar-refractivity contribution in [3.8, 4) is 0 Å². The predicted molar refractivity (Wildman–Crippen MR) is 118 cm³/mol. The molecule has 1 fully saturated rings. The highest BCUT2D eigenvalue weighted by Crippen LogP contribution is 2.48. The van der Waals surface area contributed by atoms with Crippen LogP contribution < -0.4 is 16.6 Å². The second-order valence-corrected chi connectivity index (χ2v) is 8.09. The van der Waals surface area contributed by atoms with E-state index in [0.717, 1.165) is 0 Å². The van der Waals surface area contributed by atoms with Gasteiger partial charge in [-0.2, -0.15) is 4.98 Å². The topological polar surface area (TPSA) is 173 Å². The largest absolute Gasteiger partial charge is 0.463 e. The number of esters is 3. The summed E-state index contributed by atoms with van der Waals surface area (Å²) in [6.45, 7) is 4.92. The standard InChI is InChI=1S/C21H23N5O8/c1-9(27)31-7-14-17(32-10(2)28)21(4,34-11(3)29)20(33-14)26-6-12-13(22)5-15(30)25-18-16(12)19(26)24-8-23-18/h5-6,8,14,17,20H,7,22H2,1-4H3,(H,23,24,25,30)/t14-,17-,20-,21-/m1/s1. The van der Waals surface area contributed by atoms with Gasteiger partial charge in [0.05, 0.1) is 11.7 Å². The van der Waals surface area contributed by atoms with Gasteiger partial charge in [-0.1, -0.05) is 0 Å². The maximum atomic E-state index is 12.1. The number of hydrogen-bond acceptors (Lipinski definition) is 12. The van der Waals surface area contributed by atoms with Crippen LogP contribution >= 0.6 is 0 Å². The van der Waals surface area contributed by atoms with Crippen molar-refractivity contribution in [2.24, 2.45) is 4.99 Å². The number of nitrogens with two attached hydrogens (primary N) is 1. The number of anilines is 2. The number of aliphatic imine (C=N–C) groups is 1. The van der Waals surface area contributed by atoms with Gasteiger partial charge < -0.3 is 34.6 Å². The number of rotatable bonds is 5. The third-order valence-electron chi connectivity index (χ3n) is 5.50. The molecule has 2 aromatic rings. The average molecular weight is 473 g/mol. The molecule has 0 amide bonds. The van der Waals surface area contributed by atoms with Gasteiger partial charge >= 0.3 is 17.9 Å². The maximum Gasteiger partial charge on any atom is 0.303 e. The Hall–Kier alpha value is -4.00. The summed E-state index contributed by atoms with van der Waals surface area (Å²) in [7, 11) is 0. The van der Waals surface area contributed by atoms with E-state index in [0.29, 0.717) is 16.6 Å². The van der Waals surface area contributed by atoms with E-state index in [4.69, 9.17) is 24.7 Å². The Kier molecular flexibility index (Phi) is 5.73. The summed E-state index contributed by atoms with van der Waals surface area (Å²) in [4.78, 5) is 55.8. The van der Waals surface area contributed by atoms with E-state index in [9.17, 15) is 19.2 Å². The maximum absolute atomic E-state index is 12.1. The lowest BCUT2D eigenvalue weighted by molar-refractivity contribution is -0.184. The lowest BCUT2D eigenvalue weighted by Crippen LogP contribution is -2.50. The third-order valence-corrected chi connectivity index (χ3v) is 5.50. The fourth-order valence-electron chi connectivity index (χ4n) is 4.28. The van der Waals surface area contributed by atoms with Gasteiger partial charge in [0, 0.05) is 44.1 Å². The lowest BCUT2D eigenvalue weighted by Gasteiger charge is -2.34. The Morgan fingerprint density at radius 3 is 2.62 bits per heavy atom. The van der Waals surface area contributed by atoms with Crippen molar-refractivity contribution in [1.82, 2.24) is 9.55 Å². The summed E-state index contributed by atoms with van der Waals surface area (Å²) in [6, 6.07) is 1.18. The zero-order valence-electron chi connectivity index (χ0n) is 18.9. The molecule has 4 rings (SSSR count).